The number of aliphatic carboxylic acids is 1. The number of hydrogen-bond acceptors (Lipinski definition) is 17. The zero-order valence-electron chi connectivity index (χ0n) is 43.1. The number of carboxylic acid groups (broad SMARTS) is 1. The van der Waals surface area contributed by atoms with Crippen molar-refractivity contribution in [2.24, 2.45) is 11.7 Å². The Morgan fingerprint density at radius 1 is 0.535 bits per heavy atom. The van der Waals surface area contributed by atoms with Crippen molar-refractivity contribution in [3.63, 3.8) is 0 Å². The van der Waals surface area contributed by atoms with E-state index >= 15 is 0 Å². The maximum atomic E-state index is 12.6. The van der Waals surface area contributed by atoms with Crippen molar-refractivity contribution in [3.05, 3.63) is 0 Å². The smallest absolute Gasteiger partial charge is 0.303 e. The van der Waals surface area contributed by atoms with Crippen LogP contribution >= 0.6 is 11.8 Å². The summed E-state index contributed by atoms with van der Waals surface area (Å²) in [6.45, 7) is 4.11. The number of ketones is 6. The van der Waals surface area contributed by atoms with Crippen LogP contribution < -0.4 is 21.7 Å². The number of carbonyl (C=O) groups is 9. The molecule has 0 rings (SSSR count). The zero-order valence-corrected chi connectivity index (χ0v) is 43.9. The average molecular weight is 1030 g/mol. The molecular formula is C51H90N4O15S. The average Bonchev–Trinajstić information content (AvgIpc) is 3.33. The third-order valence-electron chi connectivity index (χ3n) is 11.5. The molecule has 0 unspecified atom stereocenters. The minimum Gasteiger partial charge on any atom is -0.481 e. The van der Waals surface area contributed by atoms with Gasteiger partial charge in [0.05, 0.1) is 64.0 Å². The number of hydrogen-bond donors (Lipinski definition) is 6. The van der Waals surface area contributed by atoms with E-state index in [0.29, 0.717) is 44.6 Å². The molecule has 0 aromatic carbocycles. The Balaban J connectivity index is 3.72. The van der Waals surface area contributed by atoms with Crippen LogP contribution in [0.5, 0.6) is 0 Å². The van der Waals surface area contributed by atoms with Gasteiger partial charge in [-0.2, -0.15) is 11.8 Å². The van der Waals surface area contributed by atoms with Crippen LogP contribution in [0.15, 0.2) is 0 Å². The molecule has 0 aromatic rings. The summed E-state index contributed by atoms with van der Waals surface area (Å²) >= 11 is 1.27. The number of rotatable bonds is 54. The Morgan fingerprint density at radius 2 is 1.06 bits per heavy atom. The van der Waals surface area contributed by atoms with E-state index in [-0.39, 0.29) is 138 Å². The third-order valence-corrected chi connectivity index (χ3v) is 12.6. The number of nitrogens with one attached hydrogen (secondary N) is 3. The second kappa shape index (κ2) is 47.5. The first-order chi connectivity index (χ1) is 34.2. The number of amides is 2. The van der Waals surface area contributed by atoms with Gasteiger partial charge in [-0.1, -0.05) is 77.0 Å². The monoisotopic (exact) mass is 1030 g/mol. The Bertz CT molecular complexity index is 1500. The normalized spacial score (nSPS) is 12.5. The molecule has 0 fully saturated rings. The molecule has 0 aliphatic rings. The number of thioether (sulfide) groups is 1. The molecular weight excluding hydrogens is 941 g/mol. The number of carbonyl (C=O) groups excluding carboxylic acids is 8. The van der Waals surface area contributed by atoms with Crippen LogP contribution in [0.1, 0.15) is 162 Å². The highest BCUT2D eigenvalue weighted by Crippen LogP contribution is 2.18. The summed E-state index contributed by atoms with van der Waals surface area (Å²) in [7, 11) is 0. The number of Topliss-reactive ketones (excluding diaryl/α,β-unsaturated/α-hetero) is 6. The lowest BCUT2D eigenvalue weighted by Crippen LogP contribution is -2.46. The van der Waals surface area contributed by atoms with Gasteiger partial charge < -0.3 is 45.5 Å². The second-order valence-electron chi connectivity index (χ2n) is 18.1. The Morgan fingerprint density at radius 3 is 1.63 bits per heavy atom. The zero-order chi connectivity index (χ0) is 52.7. The fourth-order valence-corrected chi connectivity index (χ4v) is 8.22. The van der Waals surface area contributed by atoms with Gasteiger partial charge in [-0.25, -0.2) is 0 Å². The summed E-state index contributed by atoms with van der Waals surface area (Å²) < 4.78 is 21.6. The molecule has 0 bridgehead atoms. The fraction of sp³-hybridized carbons (Fsp3) is 0.824. The van der Waals surface area contributed by atoms with Gasteiger partial charge in [-0.3, -0.25) is 48.5 Å². The van der Waals surface area contributed by atoms with E-state index < -0.39 is 36.4 Å². The summed E-state index contributed by atoms with van der Waals surface area (Å²) in [4.78, 5) is 108. The number of carboxylic acids is 1. The molecule has 0 aromatic heterocycles. The Labute approximate surface area is 427 Å². The van der Waals surface area contributed by atoms with Crippen molar-refractivity contribution >= 4 is 64.2 Å². The van der Waals surface area contributed by atoms with Crippen molar-refractivity contribution in [1.82, 2.24) is 16.0 Å². The van der Waals surface area contributed by atoms with E-state index in [1.165, 1.54) is 77.0 Å². The molecule has 7 N–H and O–H groups in total. The molecule has 410 valence electrons. The van der Waals surface area contributed by atoms with Gasteiger partial charge >= 0.3 is 5.97 Å². The maximum absolute atomic E-state index is 12.6. The number of nitrogens with two attached hydrogens (primary N) is 1. The molecule has 0 saturated heterocycles. The predicted molar refractivity (Wildman–Crippen MR) is 272 cm³/mol. The molecule has 0 aliphatic heterocycles. The SMILES string of the molecule is CC(=O)[C@H](CCC(=O)NCCOCCOCC(=O)CCCOCCOCC(=O)NCCCC(=O)CSC[C@H](NCC(=O)[C@@H](N)CO)C(C)=O)CC(=O)CCCCCCCCCCCCCCCCC(=O)O. The van der Waals surface area contributed by atoms with Gasteiger partial charge in [-0.05, 0) is 46.0 Å². The molecule has 0 heterocycles. The minimum absolute atomic E-state index is 0.0330. The van der Waals surface area contributed by atoms with E-state index in [0.717, 1.165) is 38.5 Å². The Hall–Kier alpha value is -3.50. The quantitative estimate of drug-likeness (QED) is 0.0460. The summed E-state index contributed by atoms with van der Waals surface area (Å²) in [5.74, 6) is -1.92. The fourth-order valence-electron chi connectivity index (χ4n) is 7.14. The van der Waals surface area contributed by atoms with Crippen molar-refractivity contribution < 1.29 is 72.3 Å². The van der Waals surface area contributed by atoms with E-state index in [1.807, 2.05) is 0 Å². The number of ether oxygens (including phenoxy) is 4. The van der Waals surface area contributed by atoms with Crippen molar-refractivity contribution in [3.8, 4) is 0 Å². The summed E-state index contributed by atoms with van der Waals surface area (Å²) in [5, 5.41) is 25.9. The van der Waals surface area contributed by atoms with Gasteiger partial charge in [0.1, 0.15) is 36.3 Å². The van der Waals surface area contributed by atoms with Crippen LogP contribution in [0.25, 0.3) is 0 Å². The van der Waals surface area contributed by atoms with E-state index in [1.54, 1.807) is 0 Å². The van der Waals surface area contributed by atoms with Gasteiger partial charge in [-0.15, -0.1) is 0 Å². The lowest BCUT2D eigenvalue weighted by Gasteiger charge is -2.16. The molecule has 0 aliphatic carbocycles. The summed E-state index contributed by atoms with van der Waals surface area (Å²) in [6.07, 6.45) is 18.5. The first-order valence-corrected chi connectivity index (χ1v) is 27.1. The van der Waals surface area contributed by atoms with E-state index in [9.17, 15) is 43.2 Å². The van der Waals surface area contributed by atoms with Crippen molar-refractivity contribution in [2.75, 3.05) is 90.6 Å². The molecule has 0 spiro atoms. The molecule has 2 amide bonds. The van der Waals surface area contributed by atoms with Crippen LogP contribution in [0.4, 0.5) is 0 Å². The van der Waals surface area contributed by atoms with Gasteiger partial charge in [0, 0.05) is 69.9 Å². The predicted octanol–water partition coefficient (Wildman–Crippen LogP) is 4.42. The molecule has 3 atom stereocenters. The van der Waals surface area contributed by atoms with Crippen LogP contribution in [0.2, 0.25) is 0 Å². The van der Waals surface area contributed by atoms with Gasteiger partial charge in [0.25, 0.3) is 0 Å². The first kappa shape index (κ1) is 67.5. The molecule has 71 heavy (non-hydrogen) atoms. The van der Waals surface area contributed by atoms with E-state index in [4.69, 9.17) is 34.9 Å². The van der Waals surface area contributed by atoms with E-state index in [2.05, 4.69) is 16.0 Å². The largest absolute Gasteiger partial charge is 0.481 e. The third kappa shape index (κ3) is 44.9. The number of aliphatic hydroxyl groups excluding tert-OH is 1. The lowest BCUT2D eigenvalue weighted by molar-refractivity contribution is -0.137. The second-order valence-corrected chi connectivity index (χ2v) is 19.1. The highest BCUT2D eigenvalue weighted by molar-refractivity contribution is 8.00. The molecule has 19 nitrogen and oxygen atoms in total. The van der Waals surface area contributed by atoms with Crippen molar-refractivity contribution in [2.45, 2.75) is 174 Å². The van der Waals surface area contributed by atoms with Crippen LogP contribution in [0, 0.1) is 5.92 Å². The molecule has 0 radical (unpaired) electrons. The highest BCUT2D eigenvalue weighted by Gasteiger charge is 2.21. The van der Waals surface area contributed by atoms with Gasteiger partial charge in [0.15, 0.2) is 11.6 Å². The number of unbranched alkanes of at least 4 members (excludes halogenated alkanes) is 13. The van der Waals surface area contributed by atoms with Gasteiger partial charge in [0.2, 0.25) is 11.8 Å². The molecule has 0 saturated carbocycles. The minimum atomic E-state index is -1.01. The first-order valence-electron chi connectivity index (χ1n) is 26.0. The topological polar surface area (TPSA) is 293 Å². The van der Waals surface area contributed by atoms with Crippen LogP contribution in [-0.2, 0) is 62.1 Å². The summed E-state index contributed by atoms with van der Waals surface area (Å²) in [6, 6.07) is -1.63. The highest BCUT2D eigenvalue weighted by atomic mass is 32.2. The van der Waals surface area contributed by atoms with Crippen LogP contribution in [0.3, 0.4) is 0 Å². The number of aliphatic hydroxyl groups is 1. The Kier molecular flexibility index (Phi) is 45.2. The van der Waals surface area contributed by atoms with Crippen molar-refractivity contribution in [1.29, 1.82) is 0 Å². The summed E-state index contributed by atoms with van der Waals surface area (Å²) in [5.41, 5.74) is 5.47. The lowest BCUT2D eigenvalue weighted by atomic mass is 9.91. The molecule has 20 heteroatoms. The van der Waals surface area contributed by atoms with Crippen LogP contribution in [-0.4, -0.2) is 165 Å². The maximum Gasteiger partial charge on any atom is 0.303 e. The standard InChI is InChI=1S/C51H90N4O15S/c1-40(57)42(33-43(59)19-15-13-11-9-7-5-3-4-6-8-10-12-14-16-22-51(65)66)23-24-49(63)54-26-28-68-30-31-69-36-44(60)21-18-27-67-29-32-70-37-50(64)53-25-17-20-45(61)38-71-39-47(41(2)58)55-34-48(62)46(52)35-56/h42,46-47,55-56H,3-39,52H2,1-2H3,(H,53,64)(H,54,63)(H,65,66)/t42-,46+,47+/m1/s1.